The quantitative estimate of drug-likeness (QED) is 0.501. The van der Waals surface area contributed by atoms with Crippen LogP contribution in [-0.4, -0.2) is 35.9 Å². The standard InChI is InChI=1S/C24H30ClFN2O3/c1-17(2)15-27-24(30)18(3)28(16-19-6-10-21(26)11-7-19)23(29)5-4-14-31-22-12-8-20(25)9-13-22/h6-13,17-18H,4-5,14-16H2,1-3H3,(H,27,30)/t18-/m1/s1. The van der Waals surface area contributed by atoms with Gasteiger partial charge < -0.3 is 15.0 Å². The Bertz CT molecular complexity index is 841. The zero-order valence-corrected chi connectivity index (χ0v) is 19.0. The van der Waals surface area contributed by atoms with Gasteiger partial charge in [-0.25, -0.2) is 4.39 Å². The summed E-state index contributed by atoms with van der Waals surface area (Å²) in [5, 5.41) is 3.51. The van der Waals surface area contributed by atoms with Crippen molar-refractivity contribution in [3.8, 4) is 5.75 Å². The number of nitrogens with zero attached hydrogens (tertiary/aromatic N) is 1. The molecule has 2 aromatic rings. The van der Waals surface area contributed by atoms with E-state index in [0.717, 1.165) is 5.56 Å². The van der Waals surface area contributed by atoms with E-state index in [1.165, 1.54) is 17.0 Å². The highest BCUT2D eigenvalue weighted by atomic mass is 35.5. The van der Waals surface area contributed by atoms with E-state index in [0.29, 0.717) is 36.3 Å². The Kier molecular flexibility index (Phi) is 9.79. The van der Waals surface area contributed by atoms with Gasteiger partial charge in [0.15, 0.2) is 0 Å². The van der Waals surface area contributed by atoms with Crippen molar-refractivity contribution in [2.75, 3.05) is 13.2 Å². The number of nitrogens with one attached hydrogen (secondary N) is 1. The minimum atomic E-state index is -0.645. The van der Waals surface area contributed by atoms with Crippen LogP contribution in [0, 0.1) is 11.7 Å². The van der Waals surface area contributed by atoms with Gasteiger partial charge in [0.1, 0.15) is 17.6 Å². The van der Waals surface area contributed by atoms with Gasteiger partial charge in [0.2, 0.25) is 11.8 Å². The molecule has 0 aliphatic heterocycles. The maximum atomic E-state index is 13.2. The first kappa shape index (κ1) is 24.7. The van der Waals surface area contributed by atoms with Crippen LogP contribution in [0.2, 0.25) is 5.02 Å². The van der Waals surface area contributed by atoms with Crippen molar-refractivity contribution in [2.24, 2.45) is 5.92 Å². The molecule has 0 aliphatic carbocycles. The summed E-state index contributed by atoms with van der Waals surface area (Å²) in [6.07, 6.45) is 0.734. The molecule has 0 heterocycles. The van der Waals surface area contributed by atoms with Crippen molar-refractivity contribution < 1.29 is 18.7 Å². The van der Waals surface area contributed by atoms with Gasteiger partial charge in [-0.15, -0.1) is 0 Å². The van der Waals surface area contributed by atoms with Crippen LogP contribution < -0.4 is 10.1 Å². The van der Waals surface area contributed by atoms with E-state index >= 15 is 0 Å². The van der Waals surface area contributed by atoms with E-state index in [1.807, 2.05) is 13.8 Å². The largest absolute Gasteiger partial charge is 0.494 e. The molecule has 1 N–H and O–H groups in total. The topological polar surface area (TPSA) is 58.6 Å². The molecule has 2 amide bonds. The van der Waals surface area contributed by atoms with Crippen LogP contribution in [0.4, 0.5) is 4.39 Å². The summed E-state index contributed by atoms with van der Waals surface area (Å²) in [5.74, 6) is 0.283. The van der Waals surface area contributed by atoms with Crippen LogP contribution >= 0.6 is 11.6 Å². The summed E-state index contributed by atoms with van der Waals surface area (Å²) in [6, 6.07) is 12.3. The number of halogens is 2. The second-order valence-electron chi connectivity index (χ2n) is 7.87. The Balaban J connectivity index is 1.97. The number of ether oxygens (including phenoxy) is 1. The van der Waals surface area contributed by atoms with Gasteiger partial charge in [-0.3, -0.25) is 9.59 Å². The molecule has 0 saturated heterocycles. The average Bonchev–Trinajstić information content (AvgIpc) is 2.75. The van der Waals surface area contributed by atoms with Gasteiger partial charge in [0.25, 0.3) is 0 Å². The molecule has 0 saturated carbocycles. The number of carbonyl (C=O) groups is 2. The van der Waals surface area contributed by atoms with Gasteiger partial charge in [-0.05, 0) is 61.2 Å². The first-order valence-electron chi connectivity index (χ1n) is 10.5. The number of carbonyl (C=O) groups excluding carboxylic acids is 2. The van der Waals surface area contributed by atoms with Crippen molar-refractivity contribution in [3.05, 3.63) is 64.9 Å². The molecular weight excluding hydrogens is 419 g/mol. The Morgan fingerprint density at radius 2 is 1.71 bits per heavy atom. The molecule has 0 unspecified atom stereocenters. The third-order valence-electron chi connectivity index (χ3n) is 4.74. The smallest absolute Gasteiger partial charge is 0.242 e. The minimum Gasteiger partial charge on any atom is -0.494 e. The lowest BCUT2D eigenvalue weighted by Crippen LogP contribution is -2.48. The minimum absolute atomic E-state index is 0.156. The summed E-state index contributed by atoms with van der Waals surface area (Å²) in [6.45, 7) is 6.86. The Morgan fingerprint density at radius 3 is 2.32 bits per heavy atom. The first-order chi connectivity index (χ1) is 14.8. The SMILES string of the molecule is CC(C)CNC(=O)[C@@H](C)N(Cc1ccc(F)cc1)C(=O)CCCOc1ccc(Cl)cc1. The number of hydrogen-bond acceptors (Lipinski definition) is 3. The van der Waals surface area contributed by atoms with E-state index in [4.69, 9.17) is 16.3 Å². The van der Waals surface area contributed by atoms with Crippen LogP contribution in [0.3, 0.4) is 0 Å². The Labute approximate surface area is 188 Å². The number of amides is 2. The van der Waals surface area contributed by atoms with E-state index in [9.17, 15) is 14.0 Å². The number of hydrogen-bond donors (Lipinski definition) is 1. The highest BCUT2D eigenvalue weighted by molar-refractivity contribution is 6.30. The Morgan fingerprint density at radius 1 is 1.06 bits per heavy atom. The fourth-order valence-corrected chi connectivity index (χ4v) is 3.04. The maximum Gasteiger partial charge on any atom is 0.242 e. The van der Waals surface area contributed by atoms with Crippen LogP contribution in [0.25, 0.3) is 0 Å². The van der Waals surface area contributed by atoms with Gasteiger partial charge in [0, 0.05) is 24.5 Å². The second kappa shape index (κ2) is 12.3. The average molecular weight is 449 g/mol. The lowest BCUT2D eigenvalue weighted by molar-refractivity contribution is -0.140. The normalized spacial score (nSPS) is 11.8. The van der Waals surface area contributed by atoms with Crippen LogP contribution in [0.15, 0.2) is 48.5 Å². The molecule has 2 aromatic carbocycles. The second-order valence-corrected chi connectivity index (χ2v) is 8.31. The van der Waals surface area contributed by atoms with E-state index < -0.39 is 6.04 Å². The highest BCUT2D eigenvalue weighted by Crippen LogP contribution is 2.17. The summed E-state index contributed by atoms with van der Waals surface area (Å²) in [5.41, 5.74) is 0.760. The molecule has 7 heteroatoms. The summed E-state index contributed by atoms with van der Waals surface area (Å²) in [7, 11) is 0. The third-order valence-corrected chi connectivity index (χ3v) is 4.99. The third kappa shape index (κ3) is 8.58. The molecule has 2 rings (SSSR count). The van der Waals surface area contributed by atoms with Crippen LogP contribution in [0.5, 0.6) is 5.75 Å². The number of benzene rings is 2. The molecule has 31 heavy (non-hydrogen) atoms. The zero-order valence-electron chi connectivity index (χ0n) is 18.2. The maximum absolute atomic E-state index is 13.2. The fourth-order valence-electron chi connectivity index (χ4n) is 2.91. The Hall–Kier alpha value is -2.60. The lowest BCUT2D eigenvalue weighted by Gasteiger charge is -2.29. The van der Waals surface area contributed by atoms with Gasteiger partial charge in [-0.2, -0.15) is 0 Å². The van der Waals surface area contributed by atoms with Crippen LogP contribution in [0.1, 0.15) is 39.2 Å². The summed E-state index contributed by atoms with van der Waals surface area (Å²) < 4.78 is 18.9. The first-order valence-corrected chi connectivity index (χ1v) is 10.8. The zero-order chi connectivity index (χ0) is 22.8. The van der Waals surface area contributed by atoms with Crippen molar-refractivity contribution >= 4 is 23.4 Å². The predicted molar refractivity (Wildman–Crippen MR) is 120 cm³/mol. The molecular formula is C24H30ClFN2O3. The van der Waals surface area contributed by atoms with Gasteiger partial charge >= 0.3 is 0 Å². The molecule has 5 nitrogen and oxygen atoms in total. The predicted octanol–water partition coefficient (Wildman–Crippen LogP) is 4.83. The molecule has 168 valence electrons. The number of rotatable bonds is 11. The van der Waals surface area contributed by atoms with Crippen molar-refractivity contribution in [1.82, 2.24) is 10.2 Å². The fraction of sp³-hybridized carbons (Fsp3) is 0.417. The highest BCUT2D eigenvalue weighted by Gasteiger charge is 2.25. The molecule has 0 radical (unpaired) electrons. The molecule has 0 aromatic heterocycles. The van der Waals surface area contributed by atoms with E-state index in [2.05, 4.69) is 5.32 Å². The lowest BCUT2D eigenvalue weighted by atomic mass is 10.1. The van der Waals surface area contributed by atoms with E-state index in [-0.39, 0.29) is 30.6 Å². The van der Waals surface area contributed by atoms with Crippen molar-refractivity contribution in [3.63, 3.8) is 0 Å². The summed E-state index contributed by atoms with van der Waals surface area (Å²) >= 11 is 5.86. The van der Waals surface area contributed by atoms with Crippen molar-refractivity contribution in [1.29, 1.82) is 0 Å². The van der Waals surface area contributed by atoms with Gasteiger partial charge in [0.05, 0.1) is 6.61 Å². The molecule has 0 fully saturated rings. The van der Waals surface area contributed by atoms with E-state index in [1.54, 1.807) is 43.3 Å². The molecule has 0 aliphatic rings. The van der Waals surface area contributed by atoms with Crippen LogP contribution in [-0.2, 0) is 16.1 Å². The molecule has 1 atom stereocenters. The summed E-state index contributed by atoms with van der Waals surface area (Å²) in [4.78, 5) is 27.1. The molecule has 0 spiro atoms. The van der Waals surface area contributed by atoms with Gasteiger partial charge in [-0.1, -0.05) is 37.6 Å². The monoisotopic (exact) mass is 448 g/mol. The molecule has 0 bridgehead atoms. The van der Waals surface area contributed by atoms with Crippen molar-refractivity contribution in [2.45, 2.75) is 46.2 Å².